The zero-order valence-corrected chi connectivity index (χ0v) is 10.8. The quantitative estimate of drug-likeness (QED) is 0.781. The van der Waals surface area contributed by atoms with Crippen LogP contribution in [0.15, 0.2) is 0 Å². The number of fused-ring (bicyclic) bond motifs is 2. The lowest BCUT2D eigenvalue weighted by Crippen LogP contribution is -2.53. The van der Waals surface area contributed by atoms with Gasteiger partial charge in [0.15, 0.2) is 0 Å². The number of hydrogen-bond acceptors (Lipinski definition) is 2. The maximum Gasteiger partial charge on any atom is 0.219 e. The molecule has 2 aliphatic carbocycles. The van der Waals surface area contributed by atoms with Gasteiger partial charge in [0.2, 0.25) is 5.91 Å². The van der Waals surface area contributed by atoms with E-state index in [2.05, 4.69) is 5.32 Å². The first kappa shape index (κ1) is 13.8. The molecule has 4 heteroatoms. The predicted octanol–water partition coefficient (Wildman–Crippen LogP) is 1.84. The smallest absolute Gasteiger partial charge is 0.219 e. The van der Waals surface area contributed by atoms with Crippen LogP contribution < -0.4 is 11.1 Å². The van der Waals surface area contributed by atoms with Crippen molar-refractivity contribution in [2.75, 3.05) is 0 Å². The molecule has 2 unspecified atom stereocenters. The lowest BCUT2D eigenvalue weighted by Gasteiger charge is -2.45. The molecule has 16 heavy (non-hydrogen) atoms. The van der Waals surface area contributed by atoms with Crippen molar-refractivity contribution in [2.45, 2.75) is 57.5 Å². The highest BCUT2D eigenvalue weighted by Gasteiger charge is 2.39. The Balaban J connectivity index is 0.00000128. The van der Waals surface area contributed by atoms with Gasteiger partial charge in [-0.25, -0.2) is 0 Å². The number of amides is 1. The van der Waals surface area contributed by atoms with Gasteiger partial charge in [0.1, 0.15) is 0 Å². The van der Waals surface area contributed by atoms with Crippen LogP contribution in [-0.4, -0.2) is 18.0 Å². The van der Waals surface area contributed by atoms with E-state index in [0.717, 1.165) is 12.8 Å². The van der Waals surface area contributed by atoms with Crippen LogP contribution in [-0.2, 0) is 4.79 Å². The Bertz CT molecular complexity index is 233. The Kier molecular flexibility index (Phi) is 5.06. The van der Waals surface area contributed by atoms with E-state index in [4.69, 9.17) is 5.73 Å². The number of carbonyl (C=O) groups excluding carboxylic acids is 1. The van der Waals surface area contributed by atoms with Crippen LogP contribution >= 0.6 is 12.4 Å². The molecule has 0 heterocycles. The van der Waals surface area contributed by atoms with Gasteiger partial charge in [-0.05, 0) is 37.5 Å². The number of carbonyl (C=O) groups is 1. The molecular formula is C12H23ClN2O. The van der Waals surface area contributed by atoms with Crippen molar-refractivity contribution >= 4 is 18.3 Å². The van der Waals surface area contributed by atoms with Crippen LogP contribution in [0.25, 0.3) is 0 Å². The van der Waals surface area contributed by atoms with Gasteiger partial charge in [-0.1, -0.05) is 13.3 Å². The Morgan fingerprint density at radius 2 is 1.88 bits per heavy atom. The minimum Gasteiger partial charge on any atom is -0.353 e. The average molecular weight is 247 g/mol. The lowest BCUT2D eigenvalue weighted by atomic mass is 9.67. The molecule has 0 saturated heterocycles. The molecule has 3 N–H and O–H groups in total. The second-order valence-corrected chi connectivity index (χ2v) is 5.13. The Labute approximate surface area is 104 Å². The summed E-state index contributed by atoms with van der Waals surface area (Å²) in [5, 5.41) is 3.20. The summed E-state index contributed by atoms with van der Waals surface area (Å²) in [5.74, 6) is 1.48. The zero-order chi connectivity index (χ0) is 10.8. The largest absolute Gasteiger partial charge is 0.353 e. The van der Waals surface area contributed by atoms with E-state index in [0.29, 0.717) is 30.3 Å². The van der Waals surface area contributed by atoms with Gasteiger partial charge >= 0.3 is 0 Å². The van der Waals surface area contributed by atoms with E-state index in [-0.39, 0.29) is 18.3 Å². The Morgan fingerprint density at radius 3 is 2.38 bits per heavy atom. The van der Waals surface area contributed by atoms with Crippen molar-refractivity contribution in [3.63, 3.8) is 0 Å². The molecule has 2 fully saturated rings. The first-order valence-electron chi connectivity index (χ1n) is 6.25. The Morgan fingerprint density at radius 1 is 1.31 bits per heavy atom. The summed E-state index contributed by atoms with van der Waals surface area (Å²) in [6, 6.07) is 0.793. The molecule has 0 aliphatic heterocycles. The summed E-state index contributed by atoms with van der Waals surface area (Å²) in [5.41, 5.74) is 6.04. The molecule has 3 nitrogen and oxygen atoms in total. The van der Waals surface area contributed by atoms with Crippen LogP contribution in [0, 0.1) is 11.8 Å². The third kappa shape index (κ3) is 2.89. The molecule has 0 aromatic heterocycles. The first-order valence-corrected chi connectivity index (χ1v) is 6.25. The molecule has 2 rings (SSSR count). The monoisotopic (exact) mass is 246 g/mol. The second kappa shape index (κ2) is 5.87. The van der Waals surface area contributed by atoms with E-state index in [1.807, 2.05) is 6.92 Å². The molecule has 94 valence electrons. The summed E-state index contributed by atoms with van der Waals surface area (Å²) in [6.07, 6.45) is 6.62. The van der Waals surface area contributed by atoms with Crippen LogP contribution in [0.1, 0.15) is 45.4 Å². The number of rotatable bonds is 2. The number of hydrogen-bond donors (Lipinski definition) is 2. The lowest BCUT2D eigenvalue weighted by molar-refractivity contribution is -0.123. The summed E-state index contributed by atoms with van der Waals surface area (Å²) in [6.45, 7) is 1.92. The molecule has 0 aromatic rings. The third-order valence-corrected chi connectivity index (χ3v) is 4.03. The van der Waals surface area contributed by atoms with Gasteiger partial charge in [0.05, 0.1) is 0 Å². The predicted molar refractivity (Wildman–Crippen MR) is 67.5 cm³/mol. The summed E-state index contributed by atoms with van der Waals surface area (Å²) in [7, 11) is 0. The zero-order valence-electron chi connectivity index (χ0n) is 9.95. The minimum absolute atomic E-state index is 0. The number of halogens is 1. The topological polar surface area (TPSA) is 55.1 Å². The molecule has 0 spiro atoms. The van der Waals surface area contributed by atoms with Crippen molar-refractivity contribution in [3.05, 3.63) is 0 Å². The van der Waals surface area contributed by atoms with Crippen LogP contribution in [0.3, 0.4) is 0 Å². The SMILES string of the molecule is CCC(=O)NC1C2CCCC1CC(N)C2.Cl. The molecule has 0 aromatic carbocycles. The van der Waals surface area contributed by atoms with Crippen molar-refractivity contribution in [1.82, 2.24) is 5.32 Å². The van der Waals surface area contributed by atoms with Gasteiger partial charge in [-0.2, -0.15) is 0 Å². The van der Waals surface area contributed by atoms with Gasteiger partial charge in [-0.15, -0.1) is 12.4 Å². The van der Waals surface area contributed by atoms with Crippen molar-refractivity contribution in [1.29, 1.82) is 0 Å². The maximum absolute atomic E-state index is 11.5. The summed E-state index contributed by atoms with van der Waals surface area (Å²) in [4.78, 5) is 11.5. The third-order valence-electron chi connectivity index (χ3n) is 4.03. The maximum atomic E-state index is 11.5. The number of nitrogens with two attached hydrogens (primary N) is 1. The van der Waals surface area contributed by atoms with E-state index >= 15 is 0 Å². The number of nitrogens with one attached hydrogen (secondary N) is 1. The van der Waals surface area contributed by atoms with Crippen LogP contribution in [0.4, 0.5) is 0 Å². The highest BCUT2D eigenvalue weighted by atomic mass is 35.5. The van der Waals surface area contributed by atoms with Gasteiger partial charge in [0.25, 0.3) is 0 Å². The fourth-order valence-corrected chi connectivity index (χ4v) is 3.31. The van der Waals surface area contributed by atoms with E-state index in [1.165, 1.54) is 19.3 Å². The van der Waals surface area contributed by atoms with Gasteiger partial charge < -0.3 is 11.1 Å². The van der Waals surface area contributed by atoms with Crippen molar-refractivity contribution in [3.8, 4) is 0 Å². The van der Waals surface area contributed by atoms with Crippen LogP contribution in [0.5, 0.6) is 0 Å². The summed E-state index contributed by atoms with van der Waals surface area (Å²) >= 11 is 0. The first-order chi connectivity index (χ1) is 7.20. The van der Waals surface area contributed by atoms with Gasteiger partial charge in [0, 0.05) is 18.5 Å². The summed E-state index contributed by atoms with van der Waals surface area (Å²) < 4.78 is 0. The van der Waals surface area contributed by atoms with Gasteiger partial charge in [-0.3, -0.25) is 4.79 Å². The van der Waals surface area contributed by atoms with Crippen molar-refractivity contribution in [2.24, 2.45) is 17.6 Å². The average Bonchev–Trinajstić information content (AvgIpc) is 2.19. The Hall–Kier alpha value is -0.280. The standard InChI is InChI=1S/C12H22N2O.ClH/c1-2-11(15)14-12-8-4-3-5-9(12)7-10(13)6-8;/h8-10,12H,2-7,13H2,1H3,(H,14,15);1H. The van der Waals surface area contributed by atoms with Crippen molar-refractivity contribution < 1.29 is 4.79 Å². The normalized spacial score (nSPS) is 37.4. The van der Waals surface area contributed by atoms with E-state index in [9.17, 15) is 4.79 Å². The fraction of sp³-hybridized carbons (Fsp3) is 0.917. The second-order valence-electron chi connectivity index (χ2n) is 5.13. The molecular weight excluding hydrogens is 224 g/mol. The van der Waals surface area contributed by atoms with Crippen LogP contribution in [0.2, 0.25) is 0 Å². The highest BCUT2D eigenvalue weighted by Crippen LogP contribution is 2.39. The van der Waals surface area contributed by atoms with E-state index in [1.54, 1.807) is 0 Å². The highest BCUT2D eigenvalue weighted by molar-refractivity contribution is 5.85. The molecule has 0 radical (unpaired) electrons. The molecule has 2 saturated carbocycles. The molecule has 2 atom stereocenters. The molecule has 2 aliphatic rings. The fourth-order valence-electron chi connectivity index (χ4n) is 3.31. The molecule has 1 amide bonds. The van der Waals surface area contributed by atoms with E-state index < -0.39 is 0 Å². The minimum atomic E-state index is 0. The molecule has 2 bridgehead atoms.